The van der Waals surface area contributed by atoms with Gasteiger partial charge in [0.25, 0.3) is 0 Å². The lowest BCUT2D eigenvalue weighted by atomic mass is 9.92. The van der Waals surface area contributed by atoms with Gasteiger partial charge in [0.15, 0.2) is 17.6 Å². The van der Waals surface area contributed by atoms with E-state index < -0.39 is 41.8 Å². The first-order valence-electron chi connectivity index (χ1n) is 19.4. The minimum Gasteiger partial charge on any atom is -0.489 e. The summed E-state index contributed by atoms with van der Waals surface area (Å²) in [5.74, 6) is 1.06. The zero-order valence-electron chi connectivity index (χ0n) is 33.8. The molecule has 3 heterocycles. The molecule has 0 bridgehead atoms. The van der Waals surface area contributed by atoms with Crippen molar-refractivity contribution < 1.29 is 43.2 Å². The van der Waals surface area contributed by atoms with Crippen molar-refractivity contribution in [2.45, 2.75) is 84.4 Å². The van der Waals surface area contributed by atoms with E-state index in [0.29, 0.717) is 51.0 Å². The standard InChI is InChI=1S/C46H45Cl2N3O9/c1-26-27(2)49-17-16-39(26)58-34-11-6-28(7-12-34)19-37(44(53)54)50-43(52)38-20-31-21-40-41(22-32(31)23-51(38)45(55)60-46(3,4)5)59-42(25-57-40)30-9-13-33(14-10-30)56-24-29-8-15-35(47)36(48)18-29/h6-18,21-22,37-38,42H,19-20,23-25H2,1-5H3,(H,50,52)(H,53,54)/t37-,38-,42+/m0/s1. The maximum Gasteiger partial charge on any atom is 0.411 e. The molecule has 3 atom stereocenters. The minimum absolute atomic E-state index is 0.00116. The molecule has 2 aliphatic heterocycles. The molecule has 5 aromatic rings. The van der Waals surface area contributed by atoms with Crippen LogP contribution in [0.5, 0.6) is 28.7 Å². The smallest absolute Gasteiger partial charge is 0.411 e. The van der Waals surface area contributed by atoms with E-state index >= 15 is 0 Å². The molecule has 0 unspecified atom stereocenters. The van der Waals surface area contributed by atoms with Crippen molar-refractivity contribution in [1.82, 2.24) is 15.2 Å². The Kier molecular flexibility index (Phi) is 12.4. The number of carbonyl (C=O) groups excluding carboxylic acids is 2. The van der Waals surface area contributed by atoms with Gasteiger partial charge in [-0.05, 0) is 117 Å². The number of hydrogen-bond acceptors (Lipinski definition) is 9. The molecule has 7 rings (SSSR count). The highest BCUT2D eigenvalue weighted by molar-refractivity contribution is 6.42. The predicted molar refractivity (Wildman–Crippen MR) is 225 cm³/mol. The number of pyridine rings is 1. The molecule has 2 amide bonds. The van der Waals surface area contributed by atoms with Gasteiger partial charge in [0.1, 0.15) is 48.1 Å². The summed E-state index contributed by atoms with van der Waals surface area (Å²) < 4.78 is 30.3. The molecule has 2 aliphatic rings. The van der Waals surface area contributed by atoms with Gasteiger partial charge >= 0.3 is 12.1 Å². The number of fused-ring (bicyclic) bond motifs is 2. The summed E-state index contributed by atoms with van der Waals surface area (Å²) in [6, 6.07) is 23.0. The number of halogens is 2. The van der Waals surface area contributed by atoms with E-state index in [2.05, 4.69) is 10.3 Å². The first-order valence-corrected chi connectivity index (χ1v) is 20.2. The minimum atomic E-state index is -1.28. The highest BCUT2D eigenvalue weighted by atomic mass is 35.5. The molecule has 12 nitrogen and oxygen atoms in total. The van der Waals surface area contributed by atoms with E-state index in [1.165, 1.54) is 4.90 Å². The maximum atomic E-state index is 14.0. The second-order valence-electron chi connectivity index (χ2n) is 15.8. The Morgan fingerprint density at radius 1 is 0.900 bits per heavy atom. The average Bonchev–Trinajstić information content (AvgIpc) is 3.21. The van der Waals surface area contributed by atoms with Crippen LogP contribution in [0.15, 0.2) is 91.1 Å². The van der Waals surface area contributed by atoms with Gasteiger partial charge in [-0.15, -0.1) is 0 Å². The Morgan fingerprint density at radius 2 is 1.60 bits per heavy atom. The van der Waals surface area contributed by atoms with E-state index in [9.17, 15) is 19.5 Å². The normalized spacial score (nSPS) is 16.3. The second kappa shape index (κ2) is 17.7. The summed E-state index contributed by atoms with van der Waals surface area (Å²) in [5, 5.41) is 13.8. The van der Waals surface area contributed by atoms with Crippen molar-refractivity contribution in [3.63, 3.8) is 0 Å². The first kappa shape index (κ1) is 42.2. The number of carbonyl (C=O) groups is 3. The third-order valence-electron chi connectivity index (χ3n) is 10.2. The van der Waals surface area contributed by atoms with Crippen molar-refractivity contribution in [1.29, 1.82) is 0 Å². The topological polar surface area (TPSA) is 146 Å². The van der Waals surface area contributed by atoms with E-state index in [0.717, 1.165) is 33.5 Å². The number of carboxylic acids is 1. The Bertz CT molecular complexity index is 2400. The number of carboxylic acid groups (broad SMARTS) is 1. The molecular weight excluding hydrogens is 809 g/mol. The van der Waals surface area contributed by atoms with Gasteiger partial charge in [-0.3, -0.25) is 14.7 Å². The summed E-state index contributed by atoms with van der Waals surface area (Å²) in [5.41, 5.74) is 4.86. The Morgan fingerprint density at radius 3 is 2.30 bits per heavy atom. The molecule has 0 radical (unpaired) electrons. The maximum absolute atomic E-state index is 14.0. The molecular formula is C46H45Cl2N3O9. The molecule has 14 heteroatoms. The number of benzene rings is 4. The molecule has 0 spiro atoms. The number of ether oxygens (including phenoxy) is 5. The number of rotatable bonds is 11. The molecule has 4 aromatic carbocycles. The molecule has 0 saturated heterocycles. The largest absolute Gasteiger partial charge is 0.489 e. The first-order chi connectivity index (χ1) is 28.6. The van der Waals surface area contributed by atoms with Crippen LogP contribution in [0.25, 0.3) is 0 Å². The van der Waals surface area contributed by atoms with Crippen LogP contribution >= 0.6 is 23.2 Å². The lowest BCUT2D eigenvalue weighted by Gasteiger charge is -2.38. The van der Waals surface area contributed by atoms with Crippen LogP contribution in [0.3, 0.4) is 0 Å². The fourth-order valence-electron chi connectivity index (χ4n) is 6.89. The van der Waals surface area contributed by atoms with Crippen molar-refractivity contribution in [2.75, 3.05) is 6.61 Å². The fraction of sp³-hybridized carbons (Fsp3) is 0.304. The number of nitrogens with zero attached hydrogens (tertiary/aromatic N) is 2. The van der Waals surface area contributed by atoms with Crippen molar-refractivity contribution >= 4 is 41.2 Å². The Balaban J connectivity index is 1.04. The van der Waals surface area contributed by atoms with E-state index in [1.54, 1.807) is 69.4 Å². The van der Waals surface area contributed by atoms with Gasteiger partial charge in [0.2, 0.25) is 5.91 Å². The van der Waals surface area contributed by atoms with Gasteiger partial charge in [-0.25, -0.2) is 9.59 Å². The molecule has 60 heavy (non-hydrogen) atoms. The van der Waals surface area contributed by atoms with Crippen LogP contribution in [0.2, 0.25) is 10.0 Å². The summed E-state index contributed by atoms with van der Waals surface area (Å²) >= 11 is 12.2. The number of amides is 2. The summed E-state index contributed by atoms with van der Waals surface area (Å²) in [4.78, 5) is 45.8. The third-order valence-corrected chi connectivity index (χ3v) is 11.0. The number of aryl methyl sites for hydroxylation is 1. The number of aromatic nitrogens is 1. The van der Waals surface area contributed by atoms with Crippen molar-refractivity contribution in [2.24, 2.45) is 0 Å². The molecule has 0 aliphatic carbocycles. The third kappa shape index (κ3) is 10.1. The van der Waals surface area contributed by atoms with Crippen LogP contribution in [0, 0.1) is 13.8 Å². The number of hydrogen-bond donors (Lipinski definition) is 2. The highest BCUT2D eigenvalue weighted by Gasteiger charge is 2.39. The lowest BCUT2D eigenvalue weighted by molar-refractivity contribution is -0.142. The highest BCUT2D eigenvalue weighted by Crippen LogP contribution is 2.41. The monoisotopic (exact) mass is 853 g/mol. The summed E-state index contributed by atoms with van der Waals surface area (Å²) in [6.45, 7) is 9.62. The fourth-order valence-corrected chi connectivity index (χ4v) is 7.21. The van der Waals surface area contributed by atoms with Gasteiger partial charge in [-0.1, -0.05) is 53.5 Å². The van der Waals surface area contributed by atoms with Gasteiger partial charge < -0.3 is 34.1 Å². The van der Waals surface area contributed by atoms with Crippen LogP contribution in [0.4, 0.5) is 4.79 Å². The summed E-state index contributed by atoms with van der Waals surface area (Å²) in [6.07, 6.45) is 0.642. The van der Waals surface area contributed by atoms with Gasteiger partial charge in [0, 0.05) is 30.3 Å². The molecule has 2 N–H and O–H groups in total. The van der Waals surface area contributed by atoms with Gasteiger partial charge in [-0.2, -0.15) is 0 Å². The van der Waals surface area contributed by atoms with Crippen molar-refractivity contribution in [3.05, 3.63) is 140 Å². The predicted octanol–water partition coefficient (Wildman–Crippen LogP) is 9.36. The van der Waals surface area contributed by atoms with Gasteiger partial charge in [0.05, 0.1) is 16.6 Å². The molecule has 1 aromatic heterocycles. The average molecular weight is 855 g/mol. The van der Waals surface area contributed by atoms with E-state index in [-0.39, 0.29) is 26.0 Å². The summed E-state index contributed by atoms with van der Waals surface area (Å²) in [7, 11) is 0. The number of nitrogens with one attached hydrogen (secondary N) is 1. The molecule has 0 fully saturated rings. The van der Waals surface area contributed by atoms with Crippen LogP contribution < -0.4 is 24.3 Å². The lowest BCUT2D eigenvalue weighted by Crippen LogP contribution is -2.56. The number of aliphatic carboxylic acids is 1. The molecule has 0 saturated carbocycles. The van der Waals surface area contributed by atoms with Crippen LogP contribution in [0.1, 0.15) is 65.9 Å². The SMILES string of the molecule is Cc1nccc(Oc2ccc(C[C@H](NC(=O)[C@@H]3Cc4cc5c(cc4CN3C(=O)OC(C)(C)C)O[C@@H](c3ccc(OCc4ccc(Cl)c(Cl)c4)cc3)CO5)C(=O)O)cc2)c1C. The second-order valence-corrected chi connectivity index (χ2v) is 16.6. The zero-order valence-corrected chi connectivity index (χ0v) is 35.3. The van der Waals surface area contributed by atoms with E-state index in [1.807, 2.05) is 56.3 Å². The zero-order chi connectivity index (χ0) is 42.7. The quantitative estimate of drug-likeness (QED) is 0.132. The van der Waals surface area contributed by atoms with Crippen LogP contribution in [-0.2, 0) is 40.3 Å². The van der Waals surface area contributed by atoms with Crippen molar-refractivity contribution in [3.8, 4) is 28.7 Å². The molecule has 312 valence electrons. The van der Waals surface area contributed by atoms with Crippen LogP contribution in [-0.4, -0.2) is 57.3 Å². The Labute approximate surface area is 358 Å². The Hall–Kier alpha value is -5.98. The van der Waals surface area contributed by atoms with E-state index in [4.69, 9.17) is 46.9 Å².